The Morgan fingerprint density at radius 2 is 2.11 bits per heavy atom. The van der Waals surface area contributed by atoms with Crippen LogP contribution in [0.3, 0.4) is 0 Å². The molecule has 4 rings (SSSR count). The Balaban J connectivity index is 1.60. The lowest BCUT2D eigenvalue weighted by Crippen LogP contribution is -2.38. The van der Waals surface area contributed by atoms with Crippen LogP contribution in [0.5, 0.6) is 5.06 Å². The molecule has 27 heavy (non-hydrogen) atoms. The molecule has 0 amide bonds. The van der Waals surface area contributed by atoms with Gasteiger partial charge in [-0.1, -0.05) is 18.2 Å². The maximum Gasteiger partial charge on any atom is 0.325 e. The fourth-order valence-electron chi connectivity index (χ4n) is 3.57. The molecule has 1 atom stereocenters. The van der Waals surface area contributed by atoms with Gasteiger partial charge in [0.25, 0.3) is 0 Å². The molecule has 1 aliphatic carbocycles. The molecule has 0 spiro atoms. The minimum atomic E-state index is -0.568. The average Bonchev–Trinajstić information content (AvgIpc) is 3.44. The van der Waals surface area contributed by atoms with Crippen molar-refractivity contribution in [3.63, 3.8) is 0 Å². The van der Waals surface area contributed by atoms with E-state index >= 15 is 0 Å². The zero-order valence-corrected chi connectivity index (χ0v) is 15.6. The van der Waals surface area contributed by atoms with Crippen LogP contribution in [0.2, 0.25) is 0 Å². The number of nitrogens with two attached hydrogens (primary N) is 1. The Morgan fingerprint density at radius 3 is 2.81 bits per heavy atom. The second-order valence-corrected chi connectivity index (χ2v) is 8.11. The van der Waals surface area contributed by atoms with E-state index in [0.717, 1.165) is 29.7 Å². The van der Waals surface area contributed by atoms with Crippen molar-refractivity contribution in [3.8, 4) is 5.06 Å². The molecule has 2 aromatic rings. The number of fused-ring (bicyclic) bond motifs is 1. The van der Waals surface area contributed by atoms with E-state index < -0.39 is 12.0 Å². The van der Waals surface area contributed by atoms with Gasteiger partial charge in [0.2, 0.25) is 0 Å². The highest BCUT2D eigenvalue weighted by Gasteiger charge is 2.40. The summed E-state index contributed by atoms with van der Waals surface area (Å²) in [5, 5.41) is 0.522. The first kappa shape index (κ1) is 18.3. The Labute approximate surface area is 160 Å². The first-order valence-corrected chi connectivity index (χ1v) is 9.93. The highest BCUT2D eigenvalue weighted by Crippen LogP contribution is 2.41. The van der Waals surface area contributed by atoms with Crippen LogP contribution in [-0.4, -0.2) is 29.7 Å². The van der Waals surface area contributed by atoms with Crippen molar-refractivity contribution in [2.75, 3.05) is 13.1 Å². The van der Waals surface area contributed by atoms with Gasteiger partial charge in [0.05, 0.1) is 12.6 Å². The number of hydrogen-bond donors (Lipinski definition) is 1. The van der Waals surface area contributed by atoms with Crippen LogP contribution in [-0.2, 0) is 22.6 Å². The van der Waals surface area contributed by atoms with Gasteiger partial charge < -0.3 is 10.5 Å². The van der Waals surface area contributed by atoms with Crippen molar-refractivity contribution in [2.24, 2.45) is 11.7 Å². The Hall–Kier alpha value is -2.09. The summed E-state index contributed by atoms with van der Waals surface area (Å²) in [6, 6.07) is 7.80. The monoisotopic (exact) mass is 388 g/mol. The number of ketones is 1. The van der Waals surface area contributed by atoms with Crippen LogP contribution in [0.1, 0.15) is 34.9 Å². The van der Waals surface area contributed by atoms with Gasteiger partial charge in [-0.05, 0) is 37.0 Å². The molecule has 2 aliphatic rings. The third-order valence-corrected chi connectivity index (χ3v) is 6.18. The number of benzene rings is 1. The molecule has 1 saturated carbocycles. The summed E-state index contributed by atoms with van der Waals surface area (Å²) in [7, 11) is 0. The molecule has 1 unspecified atom stereocenters. The zero-order valence-electron chi connectivity index (χ0n) is 14.8. The number of halogens is 1. The molecule has 2 heterocycles. The molecule has 5 nitrogen and oxygen atoms in total. The van der Waals surface area contributed by atoms with Gasteiger partial charge in [-0.15, -0.1) is 11.3 Å². The van der Waals surface area contributed by atoms with Gasteiger partial charge in [-0.2, -0.15) is 0 Å². The standard InChI is InChI=1S/C20H21FN2O3S/c21-15-4-2-1-3-14(15)19(20(25)12-5-6-12)23-8-7-16-13(11-23)9-18(27-16)26-17(24)10-22/h1-4,9,12,19H,5-8,10-11,22H2. The first-order chi connectivity index (χ1) is 13.1. The van der Waals surface area contributed by atoms with Gasteiger partial charge >= 0.3 is 5.97 Å². The number of rotatable bonds is 6. The summed E-state index contributed by atoms with van der Waals surface area (Å²) in [5.41, 5.74) is 6.77. The fraction of sp³-hybridized carbons (Fsp3) is 0.400. The lowest BCUT2D eigenvalue weighted by molar-refractivity contribution is -0.132. The average molecular weight is 388 g/mol. The molecule has 7 heteroatoms. The van der Waals surface area contributed by atoms with Crippen molar-refractivity contribution in [1.82, 2.24) is 4.90 Å². The van der Waals surface area contributed by atoms with Gasteiger partial charge in [-0.25, -0.2) is 4.39 Å². The predicted molar refractivity (Wildman–Crippen MR) is 100.0 cm³/mol. The Morgan fingerprint density at radius 1 is 1.33 bits per heavy atom. The molecule has 0 saturated heterocycles. The van der Waals surface area contributed by atoms with E-state index in [2.05, 4.69) is 0 Å². The third kappa shape index (κ3) is 3.81. The van der Waals surface area contributed by atoms with Gasteiger partial charge in [-0.3, -0.25) is 14.5 Å². The molecule has 1 aliphatic heterocycles. The highest BCUT2D eigenvalue weighted by atomic mass is 32.1. The summed E-state index contributed by atoms with van der Waals surface area (Å²) < 4.78 is 19.7. The summed E-state index contributed by atoms with van der Waals surface area (Å²) in [4.78, 5) is 27.6. The topological polar surface area (TPSA) is 72.6 Å². The van der Waals surface area contributed by atoms with Gasteiger partial charge in [0.15, 0.2) is 10.8 Å². The highest BCUT2D eigenvalue weighted by molar-refractivity contribution is 7.14. The first-order valence-electron chi connectivity index (χ1n) is 9.11. The van der Waals surface area contributed by atoms with Crippen LogP contribution in [0.25, 0.3) is 0 Å². The van der Waals surface area contributed by atoms with E-state index in [-0.39, 0.29) is 24.1 Å². The molecule has 142 valence electrons. The number of ether oxygens (including phenoxy) is 1. The van der Waals surface area contributed by atoms with E-state index in [4.69, 9.17) is 10.5 Å². The van der Waals surface area contributed by atoms with Crippen LogP contribution >= 0.6 is 11.3 Å². The summed E-state index contributed by atoms with van der Waals surface area (Å²) in [6.45, 7) is 1.03. The number of hydrogen-bond acceptors (Lipinski definition) is 6. The summed E-state index contributed by atoms with van der Waals surface area (Å²) in [6.07, 6.45) is 2.52. The normalized spacial score (nSPS) is 18.0. The molecule has 0 bridgehead atoms. The molecule has 2 N–H and O–H groups in total. The van der Waals surface area contributed by atoms with Gasteiger partial charge in [0, 0.05) is 29.4 Å². The van der Waals surface area contributed by atoms with Crippen molar-refractivity contribution < 1.29 is 18.7 Å². The molecular weight excluding hydrogens is 367 g/mol. The largest absolute Gasteiger partial charge is 0.414 e. The van der Waals surface area contributed by atoms with E-state index in [9.17, 15) is 14.0 Å². The van der Waals surface area contributed by atoms with E-state index in [0.29, 0.717) is 23.7 Å². The molecular formula is C20H21FN2O3S. The van der Waals surface area contributed by atoms with Crippen molar-refractivity contribution >= 4 is 23.1 Å². The maximum atomic E-state index is 14.5. The van der Waals surface area contributed by atoms with Gasteiger partial charge in [0.1, 0.15) is 5.82 Å². The number of nitrogens with zero attached hydrogens (tertiary/aromatic N) is 1. The van der Waals surface area contributed by atoms with Crippen molar-refractivity contribution in [3.05, 3.63) is 52.2 Å². The minimum Gasteiger partial charge on any atom is -0.414 e. The van der Waals surface area contributed by atoms with E-state index in [1.54, 1.807) is 18.2 Å². The molecule has 1 aromatic carbocycles. The van der Waals surface area contributed by atoms with Crippen LogP contribution in [0.4, 0.5) is 4.39 Å². The molecule has 0 radical (unpaired) electrons. The Bertz CT molecular complexity index is 878. The minimum absolute atomic E-state index is 0.0412. The van der Waals surface area contributed by atoms with Crippen LogP contribution in [0.15, 0.2) is 30.3 Å². The number of carbonyl (C=O) groups is 2. The fourth-order valence-corrected chi connectivity index (χ4v) is 4.60. The lowest BCUT2D eigenvalue weighted by Gasteiger charge is -2.34. The number of thiophene rings is 1. The predicted octanol–water partition coefficient (Wildman–Crippen LogP) is 2.83. The SMILES string of the molecule is NCC(=O)Oc1cc2c(s1)CCN(C(C(=O)C1CC1)c1ccccc1F)C2. The second kappa shape index (κ2) is 7.50. The Kier molecular flexibility index (Phi) is 5.08. The van der Waals surface area contributed by atoms with Crippen molar-refractivity contribution in [1.29, 1.82) is 0 Å². The van der Waals surface area contributed by atoms with Crippen LogP contribution in [0, 0.1) is 11.7 Å². The van der Waals surface area contributed by atoms with Crippen LogP contribution < -0.4 is 10.5 Å². The smallest absolute Gasteiger partial charge is 0.325 e. The van der Waals surface area contributed by atoms with E-state index in [1.165, 1.54) is 17.4 Å². The zero-order chi connectivity index (χ0) is 19.0. The molecule has 1 fully saturated rings. The summed E-state index contributed by atoms with van der Waals surface area (Å²) in [5.74, 6) is -0.670. The molecule has 1 aromatic heterocycles. The third-order valence-electron chi connectivity index (χ3n) is 5.07. The summed E-state index contributed by atoms with van der Waals surface area (Å²) >= 11 is 1.43. The number of Topliss-reactive ketones (excluding diaryl/α,β-unsaturated/α-hetero) is 1. The number of carbonyl (C=O) groups excluding carboxylic acids is 2. The van der Waals surface area contributed by atoms with Crippen molar-refractivity contribution in [2.45, 2.75) is 31.8 Å². The number of esters is 1. The quantitative estimate of drug-likeness (QED) is 0.771. The second-order valence-electron chi connectivity index (χ2n) is 7.01. The maximum absolute atomic E-state index is 14.5. The lowest BCUT2D eigenvalue weighted by atomic mass is 9.95. The van der Waals surface area contributed by atoms with E-state index in [1.807, 2.05) is 11.0 Å².